The number of ether oxygens (including phenoxy) is 1. The molecule has 2 atom stereocenters. The van der Waals surface area contributed by atoms with Crippen molar-refractivity contribution in [3.05, 3.63) is 42.1 Å². The van der Waals surface area contributed by atoms with Crippen molar-refractivity contribution in [2.75, 3.05) is 6.26 Å². The first-order valence-electron chi connectivity index (χ1n) is 7.06. The van der Waals surface area contributed by atoms with E-state index in [0.717, 1.165) is 10.8 Å². The third-order valence-corrected chi connectivity index (χ3v) is 4.62. The summed E-state index contributed by atoms with van der Waals surface area (Å²) in [5.74, 6) is 0.178. The predicted molar refractivity (Wildman–Crippen MR) is 83.7 cm³/mol. The van der Waals surface area contributed by atoms with E-state index in [1.54, 1.807) is 0 Å². The van der Waals surface area contributed by atoms with E-state index in [1.165, 1.54) is 37.6 Å². The first-order chi connectivity index (χ1) is 10.5. The van der Waals surface area contributed by atoms with Crippen molar-refractivity contribution in [3.63, 3.8) is 0 Å². The molecule has 1 aromatic heterocycles. The second-order valence-corrected chi connectivity index (χ2v) is 6.29. The molecule has 6 heteroatoms. The topological polar surface area (TPSA) is 22.1 Å². The third-order valence-electron chi connectivity index (χ3n) is 3.52. The molecule has 2 nitrogen and oxygen atoms in total. The minimum atomic E-state index is -4.71. The monoisotopic (exact) mass is 329 g/mol. The number of hydrogen-bond acceptors (Lipinski definition) is 3. The van der Waals surface area contributed by atoms with Gasteiger partial charge in [-0.15, -0.1) is 13.2 Å². The first-order valence-corrected chi connectivity index (χ1v) is 8.34. The number of hydrogen-bond donors (Lipinski definition) is 0. The lowest BCUT2D eigenvalue weighted by Crippen LogP contribution is -2.17. The molecule has 0 N–H and O–H groups in total. The summed E-state index contributed by atoms with van der Waals surface area (Å²) in [5, 5.41) is 0.768. The fourth-order valence-electron chi connectivity index (χ4n) is 2.42. The summed E-state index contributed by atoms with van der Waals surface area (Å²) in [5.41, 5.74) is 0.729. The van der Waals surface area contributed by atoms with Crippen molar-refractivity contribution in [1.82, 2.24) is 4.98 Å². The Morgan fingerprint density at radius 2 is 2.09 bits per heavy atom. The van der Waals surface area contributed by atoms with E-state index in [0.29, 0.717) is 5.92 Å². The lowest BCUT2D eigenvalue weighted by Gasteiger charge is -2.07. The van der Waals surface area contributed by atoms with Gasteiger partial charge in [-0.2, -0.15) is 11.8 Å². The molecule has 0 spiro atoms. The maximum absolute atomic E-state index is 12.0. The molecule has 0 saturated heterocycles. The Balaban J connectivity index is 1.83. The number of alkyl halides is 3. The Labute approximate surface area is 132 Å². The Morgan fingerprint density at radius 1 is 1.27 bits per heavy atom. The number of aromatic nitrogens is 1. The molecule has 0 aromatic carbocycles. The second-order valence-electron chi connectivity index (χ2n) is 5.15. The van der Waals surface area contributed by atoms with E-state index in [4.69, 9.17) is 0 Å². The lowest BCUT2D eigenvalue weighted by atomic mass is 10.1. The highest BCUT2D eigenvalue weighted by Gasteiger charge is 2.31. The molecule has 0 radical (unpaired) electrons. The fraction of sp³-hybridized carbons (Fsp3) is 0.438. The molecule has 1 heterocycles. The molecule has 1 saturated carbocycles. The highest BCUT2D eigenvalue weighted by Crippen LogP contribution is 2.33. The van der Waals surface area contributed by atoms with Crippen LogP contribution in [0.2, 0.25) is 0 Å². The molecule has 1 aliphatic carbocycles. The van der Waals surface area contributed by atoms with Crippen LogP contribution < -0.4 is 4.74 Å². The average molecular weight is 329 g/mol. The van der Waals surface area contributed by atoms with Crippen molar-refractivity contribution < 1.29 is 17.9 Å². The van der Waals surface area contributed by atoms with Gasteiger partial charge in [-0.25, -0.2) is 4.98 Å². The third kappa shape index (κ3) is 5.75. The summed E-state index contributed by atoms with van der Waals surface area (Å²) in [4.78, 5) is 3.62. The van der Waals surface area contributed by atoms with Gasteiger partial charge in [0.1, 0.15) is 0 Å². The number of rotatable bonds is 5. The van der Waals surface area contributed by atoms with Crippen molar-refractivity contribution in [2.24, 2.45) is 5.92 Å². The van der Waals surface area contributed by atoms with E-state index in [2.05, 4.69) is 22.1 Å². The minimum Gasteiger partial charge on any atom is -0.388 e. The maximum atomic E-state index is 12.0. The van der Waals surface area contributed by atoms with Crippen LogP contribution in [0, 0.1) is 5.92 Å². The number of halogens is 3. The minimum absolute atomic E-state index is 0.450. The van der Waals surface area contributed by atoms with E-state index in [9.17, 15) is 13.2 Å². The van der Waals surface area contributed by atoms with Gasteiger partial charge in [-0.1, -0.05) is 24.3 Å². The van der Waals surface area contributed by atoms with E-state index < -0.39 is 12.2 Å². The molecular weight excluding hydrogens is 311 g/mol. The summed E-state index contributed by atoms with van der Waals surface area (Å²) in [7, 11) is 0. The molecule has 1 aliphatic rings. The van der Waals surface area contributed by atoms with Gasteiger partial charge in [0.2, 0.25) is 5.88 Å². The first kappa shape index (κ1) is 16.9. The van der Waals surface area contributed by atoms with Gasteiger partial charge in [-0.05, 0) is 43.1 Å². The van der Waals surface area contributed by atoms with Crippen LogP contribution in [0.5, 0.6) is 5.88 Å². The zero-order chi connectivity index (χ0) is 16.0. The van der Waals surface area contributed by atoms with Crippen LogP contribution in [0.1, 0.15) is 24.8 Å². The second kappa shape index (κ2) is 7.72. The lowest BCUT2D eigenvalue weighted by molar-refractivity contribution is -0.276. The molecule has 1 aromatic rings. The smallest absolute Gasteiger partial charge is 0.388 e. The highest BCUT2D eigenvalue weighted by molar-refractivity contribution is 7.99. The van der Waals surface area contributed by atoms with Gasteiger partial charge in [-0.3, -0.25) is 0 Å². The summed E-state index contributed by atoms with van der Waals surface area (Å²) in [6.45, 7) is 0. The van der Waals surface area contributed by atoms with Crippen LogP contribution in [0.25, 0.3) is 6.08 Å². The van der Waals surface area contributed by atoms with Crippen LogP contribution in [-0.2, 0) is 0 Å². The summed E-state index contributed by atoms with van der Waals surface area (Å²) < 4.78 is 39.7. The quantitative estimate of drug-likeness (QED) is 0.703. The van der Waals surface area contributed by atoms with Crippen molar-refractivity contribution in [2.45, 2.75) is 30.9 Å². The Kier molecular flexibility index (Phi) is 5.94. The normalized spacial score (nSPS) is 22.7. The average Bonchev–Trinajstić information content (AvgIpc) is 2.92. The van der Waals surface area contributed by atoms with Gasteiger partial charge in [0.05, 0.1) is 0 Å². The van der Waals surface area contributed by atoms with Gasteiger partial charge >= 0.3 is 6.36 Å². The van der Waals surface area contributed by atoms with Gasteiger partial charge in [0, 0.05) is 17.5 Å². The van der Waals surface area contributed by atoms with Gasteiger partial charge < -0.3 is 4.74 Å². The zero-order valence-corrected chi connectivity index (χ0v) is 13.0. The van der Waals surface area contributed by atoms with Crippen molar-refractivity contribution in [3.8, 4) is 5.88 Å². The fourth-order valence-corrected chi connectivity index (χ4v) is 3.23. The highest BCUT2D eigenvalue weighted by atomic mass is 32.2. The largest absolute Gasteiger partial charge is 0.574 e. The van der Waals surface area contributed by atoms with Crippen LogP contribution in [0.3, 0.4) is 0 Å². The maximum Gasteiger partial charge on any atom is 0.574 e. The van der Waals surface area contributed by atoms with Gasteiger partial charge in [0.15, 0.2) is 0 Å². The van der Waals surface area contributed by atoms with E-state index in [1.807, 2.05) is 30.0 Å². The zero-order valence-electron chi connectivity index (χ0n) is 12.2. The summed E-state index contributed by atoms with van der Waals surface area (Å²) >= 11 is 1.93. The number of nitrogens with zero attached hydrogens (tertiary/aromatic N) is 1. The molecule has 120 valence electrons. The molecule has 2 unspecified atom stereocenters. The molecule has 22 heavy (non-hydrogen) atoms. The summed E-state index contributed by atoms with van der Waals surface area (Å²) in [6, 6.07) is 2.74. The molecule has 0 amide bonds. The van der Waals surface area contributed by atoms with Crippen molar-refractivity contribution >= 4 is 17.8 Å². The Hall–Kier alpha value is -1.43. The van der Waals surface area contributed by atoms with Crippen LogP contribution in [-0.4, -0.2) is 22.9 Å². The van der Waals surface area contributed by atoms with Crippen LogP contribution in [0.15, 0.2) is 36.6 Å². The van der Waals surface area contributed by atoms with E-state index in [-0.39, 0.29) is 0 Å². The predicted octanol–water partition coefficient (Wildman–Crippen LogP) is 5.08. The van der Waals surface area contributed by atoms with E-state index >= 15 is 0 Å². The Morgan fingerprint density at radius 3 is 2.68 bits per heavy atom. The molecule has 0 aliphatic heterocycles. The summed E-state index contributed by atoms with van der Waals surface area (Å²) in [6.07, 6.45) is 10.4. The SMILES string of the molecule is CSC1CCC(/C=C/C=C/c2ccc(OC(F)(F)F)nc2)C1. The van der Waals surface area contributed by atoms with Crippen LogP contribution >= 0.6 is 11.8 Å². The molecule has 1 fully saturated rings. The number of thioether (sulfide) groups is 1. The number of pyridine rings is 1. The van der Waals surface area contributed by atoms with Crippen LogP contribution in [0.4, 0.5) is 13.2 Å². The number of allylic oxidation sites excluding steroid dienone is 3. The Bertz CT molecular complexity index is 525. The van der Waals surface area contributed by atoms with Crippen molar-refractivity contribution in [1.29, 1.82) is 0 Å². The standard InChI is InChI=1S/C16H18F3NOS/c1-22-14-8-6-12(10-14)4-2-3-5-13-7-9-15(20-11-13)21-16(17,18)19/h2-5,7,9,11-12,14H,6,8,10H2,1H3/b4-2+,5-3+. The van der Waals surface area contributed by atoms with Gasteiger partial charge in [0.25, 0.3) is 0 Å². The molecule has 2 rings (SSSR count). The molecule has 0 bridgehead atoms. The molecular formula is C16H18F3NOS.